The predicted molar refractivity (Wildman–Crippen MR) is 96.1 cm³/mol. The minimum atomic E-state index is -0.687. The molecule has 0 aromatic carbocycles. The molecule has 0 bridgehead atoms. The average Bonchev–Trinajstić information content (AvgIpc) is 2.62. The van der Waals surface area contributed by atoms with Crippen molar-refractivity contribution in [1.29, 1.82) is 0 Å². The molecule has 0 amide bonds. The van der Waals surface area contributed by atoms with Gasteiger partial charge in [0.25, 0.3) is 0 Å². The zero-order valence-corrected chi connectivity index (χ0v) is 14.9. The van der Waals surface area contributed by atoms with Crippen molar-refractivity contribution in [3.05, 3.63) is 0 Å². The maximum absolute atomic E-state index is 11.1. The Morgan fingerprint density at radius 3 is 2.28 bits per heavy atom. The quantitative estimate of drug-likeness (QED) is 0.709. The van der Waals surface area contributed by atoms with Crippen LogP contribution in [0.1, 0.15) is 25.7 Å². The Bertz CT molecular complexity index is 596. The Morgan fingerprint density at radius 2 is 1.68 bits per heavy atom. The van der Waals surface area contributed by atoms with E-state index in [2.05, 4.69) is 42.4 Å². The molecule has 0 unspecified atom stereocenters. The van der Waals surface area contributed by atoms with Crippen LogP contribution in [0.25, 0.3) is 0 Å². The SMILES string of the molecule is CNc1nc(N[C@H]2CC[C@H](C(=O)O)CC2)nc(N2CCN(C)CC2)n1. The van der Waals surface area contributed by atoms with Crippen LogP contribution in [0.4, 0.5) is 17.8 Å². The van der Waals surface area contributed by atoms with Crippen LogP contribution >= 0.6 is 0 Å². The Morgan fingerprint density at radius 1 is 1.04 bits per heavy atom. The van der Waals surface area contributed by atoms with Gasteiger partial charge in [-0.05, 0) is 32.7 Å². The molecule has 2 aliphatic rings. The number of aromatic nitrogens is 3. The maximum Gasteiger partial charge on any atom is 0.306 e. The third-order valence-electron chi connectivity index (χ3n) is 5.04. The molecule has 1 saturated carbocycles. The lowest BCUT2D eigenvalue weighted by Crippen LogP contribution is -2.45. The summed E-state index contributed by atoms with van der Waals surface area (Å²) in [6.45, 7) is 3.77. The van der Waals surface area contributed by atoms with E-state index in [0.29, 0.717) is 30.7 Å². The molecule has 1 saturated heterocycles. The Kier molecular flexibility index (Phi) is 5.52. The first-order valence-electron chi connectivity index (χ1n) is 8.92. The van der Waals surface area contributed by atoms with Crippen molar-refractivity contribution in [3.8, 4) is 0 Å². The number of nitrogens with zero attached hydrogens (tertiary/aromatic N) is 5. The van der Waals surface area contributed by atoms with Crippen molar-refractivity contribution in [3.63, 3.8) is 0 Å². The largest absolute Gasteiger partial charge is 0.481 e. The van der Waals surface area contributed by atoms with Crippen LogP contribution in [0.15, 0.2) is 0 Å². The molecule has 1 aromatic rings. The van der Waals surface area contributed by atoms with E-state index in [-0.39, 0.29) is 12.0 Å². The first kappa shape index (κ1) is 17.7. The highest BCUT2D eigenvalue weighted by atomic mass is 16.4. The Hall–Kier alpha value is -2.16. The third kappa shape index (κ3) is 4.47. The van der Waals surface area contributed by atoms with Gasteiger partial charge in [0.15, 0.2) is 0 Å². The highest BCUT2D eigenvalue weighted by molar-refractivity contribution is 5.70. The molecule has 0 atom stereocenters. The van der Waals surface area contributed by atoms with Gasteiger partial charge in [-0.3, -0.25) is 4.79 Å². The van der Waals surface area contributed by atoms with E-state index >= 15 is 0 Å². The summed E-state index contributed by atoms with van der Waals surface area (Å²) in [6.07, 6.45) is 3.04. The second-order valence-electron chi connectivity index (χ2n) is 6.85. The van der Waals surface area contributed by atoms with Crippen LogP contribution < -0.4 is 15.5 Å². The molecule has 2 fully saturated rings. The highest BCUT2D eigenvalue weighted by Crippen LogP contribution is 2.26. The van der Waals surface area contributed by atoms with Crippen LogP contribution in [0.3, 0.4) is 0 Å². The van der Waals surface area contributed by atoms with Crippen molar-refractivity contribution >= 4 is 23.8 Å². The van der Waals surface area contributed by atoms with E-state index in [9.17, 15) is 4.79 Å². The van der Waals surface area contributed by atoms with Gasteiger partial charge in [-0.25, -0.2) is 0 Å². The number of carboxylic acids is 1. The molecule has 1 aliphatic heterocycles. The van der Waals surface area contributed by atoms with Crippen LogP contribution in [0, 0.1) is 5.92 Å². The number of carboxylic acid groups (broad SMARTS) is 1. The lowest BCUT2D eigenvalue weighted by Gasteiger charge is -2.32. The van der Waals surface area contributed by atoms with E-state index in [1.54, 1.807) is 7.05 Å². The molecule has 9 heteroatoms. The summed E-state index contributed by atoms with van der Waals surface area (Å²) < 4.78 is 0. The van der Waals surface area contributed by atoms with Crippen molar-refractivity contribution < 1.29 is 9.90 Å². The van der Waals surface area contributed by atoms with Gasteiger partial charge in [-0.1, -0.05) is 0 Å². The van der Waals surface area contributed by atoms with E-state index < -0.39 is 5.97 Å². The molecule has 1 aromatic heterocycles. The summed E-state index contributed by atoms with van der Waals surface area (Å²) in [4.78, 5) is 29.0. The predicted octanol–water partition coefficient (Wildman–Crippen LogP) is 0.720. The summed E-state index contributed by atoms with van der Waals surface area (Å²) >= 11 is 0. The topological polar surface area (TPSA) is 107 Å². The molecular formula is C16H27N7O2. The molecule has 3 rings (SSSR count). The van der Waals surface area contributed by atoms with Crippen LogP contribution in [0.2, 0.25) is 0 Å². The fraction of sp³-hybridized carbons (Fsp3) is 0.750. The van der Waals surface area contributed by atoms with E-state index in [0.717, 1.165) is 39.0 Å². The second kappa shape index (κ2) is 7.81. The van der Waals surface area contributed by atoms with Crippen LogP contribution in [-0.4, -0.2) is 77.2 Å². The number of aliphatic carboxylic acids is 1. The third-order valence-corrected chi connectivity index (χ3v) is 5.04. The molecule has 25 heavy (non-hydrogen) atoms. The molecule has 0 spiro atoms. The van der Waals surface area contributed by atoms with Crippen molar-refractivity contribution in [2.75, 3.05) is 55.8 Å². The number of likely N-dealkylation sites (N-methyl/N-ethyl adjacent to an activating group) is 1. The van der Waals surface area contributed by atoms with Gasteiger partial charge in [0.2, 0.25) is 17.8 Å². The lowest BCUT2D eigenvalue weighted by molar-refractivity contribution is -0.142. The minimum absolute atomic E-state index is 0.211. The summed E-state index contributed by atoms with van der Waals surface area (Å²) in [5, 5.41) is 15.5. The first-order chi connectivity index (χ1) is 12.0. The highest BCUT2D eigenvalue weighted by Gasteiger charge is 2.26. The number of carbonyl (C=O) groups is 1. The van der Waals surface area contributed by atoms with Crippen LogP contribution in [-0.2, 0) is 4.79 Å². The molecule has 0 radical (unpaired) electrons. The number of piperazine rings is 1. The van der Waals surface area contributed by atoms with Gasteiger partial charge in [-0.2, -0.15) is 15.0 Å². The molecular weight excluding hydrogens is 322 g/mol. The fourth-order valence-electron chi connectivity index (χ4n) is 3.36. The molecule has 138 valence electrons. The molecule has 9 nitrogen and oxygen atoms in total. The normalized spacial score (nSPS) is 24.8. The molecule has 3 N–H and O–H groups in total. The standard InChI is InChI=1S/C16H27N7O2/c1-17-14-19-15(18-12-5-3-11(4-6-12)13(24)25)21-16(20-14)23-9-7-22(2)8-10-23/h11-12H,3-10H2,1-2H3,(H,24,25)(H2,17,18,19,20,21)/t11-,12-. The summed E-state index contributed by atoms with van der Waals surface area (Å²) in [5.74, 6) is 0.894. The number of nitrogens with one attached hydrogen (secondary N) is 2. The second-order valence-corrected chi connectivity index (χ2v) is 6.85. The molecule has 2 heterocycles. The number of hydrogen-bond acceptors (Lipinski definition) is 8. The zero-order chi connectivity index (χ0) is 17.8. The smallest absolute Gasteiger partial charge is 0.306 e. The lowest BCUT2D eigenvalue weighted by atomic mass is 9.86. The minimum Gasteiger partial charge on any atom is -0.481 e. The Balaban J connectivity index is 1.67. The van der Waals surface area contributed by atoms with Gasteiger partial charge in [0.1, 0.15) is 0 Å². The Labute approximate surface area is 147 Å². The monoisotopic (exact) mass is 349 g/mol. The van der Waals surface area contributed by atoms with Crippen molar-refractivity contribution in [1.82, 2.24) is 19.9 Å². The van der Waals surface area contributed by atoms with E-state index in [1.807, 2.05) is 0 Å². The zero-order valence-electron chi connectivity index (χ0n) is 14.9. The van der Waals surface area contributed by atoms with Gasteiger partial charge >= 0.3 is 5.97 Å². The fourth-order valence-corrected chi connectivity index (χ4v) is 3.36. The van der Waals surface area contributed by atoms with Gasteiger partial charge in [-0.15, -0.1) is 0 Å². The van der Waals surface area contributed by atoms with Gasteiger partial charge in [0, 0.05) is 39.3 Å². The van der Waals surface area contributed by atoms with Gasteiger partial charge < -0.3 is 25.5 Å². The summed E-state index contributed by atoms with van der Waals surface area (Å²) in [6, 6.07) is 0.211. The molecule has 1 aliphatic carbocycles. The van der Waals surface area contributed by atoms with Crippen molar-refractivity contribution in [2.45, 2.75) is 31.7 Å². The first-order valence-corrected chi connectivity index (χ1v) is 8.92. The summed E-state index contributed by atoms with van der Waals surface area (Å²) in [5.41, 5.74) is 0. The number of anilines is 3. The van der Waals surface area contributed by atoms with Crippen LogP contribution in [0.5, 0.6) is 0 Å². The average molecular weight is 349 g/mol. The van der Waals surface area contributed by atoms with E-state index in [4.69, 9.17) is 5.11 Å². The number of hydrogen-bond donors (Lipinski definition) is 3. The summed E-state index contributed by atoms with van der Waals surface area (Å²) in [7, 11) is 3.91. The number of rotatable bonds is 5. The van der Waals surface area contributed by atoms with Crippen molar-refractivity contribution in [2.24, 2.45) is 5.92 Å². The van der Waals surface area contributed by atoms with E-state index in [1.165, 1.54) is 0 Å². The van der Waals surface area contributed by atoms with Gasteiger partial charge in [0.05, 0.1) is 5.92 Å². The maximum atomic E-state index is 11.1.